The minimum absolute atomic E-state index is 0.698. The minimum Gasteiger partial charge on any atom is -0.461 e. The van der Waals surface area contributed by atoms with E-state index in [4.69, 9.17) is 0 Å². The van der Waals surface area contributed by atoms with Crippen molar-refractivity contribution in [1.29, 1.82) is 0 Å². The molecule has 0 spiro atoms. The SMILES string of the molecule is CCOC(=O)C(F)(F)C(F)(F)OC(F)(F)F. The summed E-state index contributed by atoms with van der Waals surface area (Å²) in [5, 5.41) is 0. The van der Waals surface area contributed by atoms with E-state index in [0.717, 1.165) is 6.92 Å². The third-order valence-electron chi connectivity index (χ3n) is 1.14. The predicted octanol–water partition coefficient (Wildman–Crippen LogP) is 2.31. The lowest BCUT2D eigenvalue weighted by atomic mass is 10.3. The van der Waals surface area contributed by atoms with E-state index >= 15 is 0 Å². The van der Waals surface area contributed by atoms with Crippen LogP contribution in [-0.2, 0) is 14.3 Å². The Morgan fingerprint density at radius 1 is 1.06 bits per heavy atom. The van der Waals surface area contributed by atoms with Crippen molar-refractivity contribution in [1.82, 2.24) is 0 Å². The maximum atomic E-state index is 12.5. The van der Waals surface area contributed by atoms with Gasteiger partial charge in [-0.05, 0) is 6.92 Å². The van der Waals surface area contributed by atoms with Gasteiger partial charge in [0.05, 0.1) is 6.61 Å². The van der Waals surface area contributed by atoms with Crippen LogP contribution < -0.4 is 0 Å². The summed E-state index contributed by atoms with van der Waals surface area (Å²) < 4.78 is 88.9. The van der Waals surface area contributed by atoms with E-state index in [1.54, 1.807) is 0 Å². The molecule has 0 rings (SSSR count). The van der Waals surface area contributed by atoms with Crippen LogP contribution in [0.2, 0.25) is 0 Å². The van der Waals surface area contributed by atoms with Gasteiger partial charge in [0.1, 0.15) is 0 Å². The van der Waals surface area contributed by atoms with E-state index in [1.165, 1.54) is 0 Å². The monoisotopic (exact) mass is 258 g/mol. The van der Waals surface area contributed by atoms with Gasteiger partial charge >= 0.3 is 24.4 Å². The van der Waals surface area contributed by atoms with Gasteiger partial charge in [-0.1, -0.05) is 0 Å². The zero-order valence-corrected chi connectivity index (χ0v) is 7.58. The topological polar surface area (TPSA) is 35.5 Å². The Morgan fingerprint density at radius 2 is 1.50 bits per heavy atom. The fourth-order valence-electron chi connectivity index (χ4n) is 0.550. The van der Waals surface area contributed by atoms with Gasteiger partial charge in [0, 0.05) is 0 Å². The molecule has 0 amide bonds. The molecule has 96 valence electrons. The molecule has 0 aromatic carbocycles. The molecule has 0 atom stereocenters. The van der Waals surface area contributed by atoms with Crippen molar-refractivity contribution in [2.75, 3.05) is 6.61 Å². The molecule has 0 bridgehead atoms. The van der Waals surface area contributed by atoms with Gasteiger partial charge in [-0.15, -0.1) is 13.2 Å². The number of hydrogen-bond acceptors (Lipinski definition) is 3. The lowest BCUT2D eigenvalue weighted by molar-refractivity contribution is -0.459. The van der Waals surface area contributed by atoms with Crippen molar-refractivity contribution in [3.8, 4) is 0 Å². The Labute approximate surface area is 84.1 Å². The summed E-state index contributed by atoms with van der Waals surface area (Å²) in [5.74, 6) is -8.53. The highest BCUT2D eigenvalue weighted by Crippen LogP contribution is 2.40. The summed E-state index contributed by atoms with van der Waals surface area (Å²) in [5.41, 5.74) is 0. The Hall–Kier alpha value is -1.06. The van der Waals surface area contributed by atoms with Crippen LogP contribution in [0.4, 0.5) is 30.7 Å². The first-order valence-corrected chi connectivity index (χ1v) is 3.64. The molecule has 3 nitrogen and oxygen atoms in total. The maximum absolute atomic E-state index is 12.5. The van der Waals surface area contributed by atoms with E-state index in [-0.39, 0.29) is 0 Å². The van der Waals surface area contributed by atoms with Crippen molar-refractivity contribution in [3.05, 3.63) is 0 Å². The molecule has 0 N–H and O–H groups in total. The summed E-state index contributed by atoms with van der Waals surface area (Å²) in [6, 6.07) is 0. The highest BCUT2D eigenvalue weighted by Gasteiger charge is 2.68. The first-order valence-electron chi connectivity index (χ1n) is 3.64. The molecule has 0 aromatic heterocycles. The standard InChI is InChI=1S/C6H5F7O3/c1-2-15-3(14)4(7,8)5(9,10)16-6(11,12)13/h2H2,1H3. The second-order valence-electron chi connectivity index (χ2n) is 2.36. The summed E-state index contributed by atoms with van der Waals surface area (Å²) in [6.07, 6.45) is -12.0. The van der Waals surface area contributed by atoms with Crippen LogP contribution in [-0.4, -0.2) is 31.0 Å². The Bertz CT molecular complexity index is 259. The fraction of sp³-hybridized carbons (Fsp3) is 0.833. The number of esters is 1. The quantitative estimate of drug-likeness (QED) is 0.573. The van der Waals surface area contributed by atoms with E-state index in [9.17, 15) is 35.5 Å². The Morgan fingerprint density at radius 3 is 1.81 bits per heavy atom. The molecule has 0 unspecified atom stereocenters. The van der Waals surface area contributed by atoms with Crippen LogP contribution in [0.1, 0.15) is 6.92 Å². The molecule has 0 aromatic rings. The average Bonchev–Trinajstić information content (AvgIpc) is 1.99. The van der Waals surface area contributed by atoms with Crippen molar-refractivity contribution in [2.24, 2.45) is 0 Å². The highest BCUT2D eigenvalue weighted by atomic mass is 19.4. The number of rotatable bonds is 4. The van der Waals surface area contributed by atoms with Gasteiger partial charge in [-0.2, -0.15) is 17.6 Å². The Kier molecular flexibility index (Phi) is 4.14. The van der Waals surface area contributed by atoms with Crippen LogP contribution in [0.5, 0.6) is 0 Å². The summed E-state index contributed by atoms with van der Waals surface area (Å²) >= 11 is 0. The molecule has 0 aliphatic carbocycles. The smallest absolute Gasteiger partial charge is 0.461 e. The van der Waals surface area contributed by atoms with Gasteiger partial charge in [-0.25, -0.2) is 9.53 Å². The first-order chi connectivity index (χ1) is 6.94. The van der Waals surface area contributed by atoms with Crippen molar-refractivity contribution in [3.63, 3.8) is 0 Å². The van der Waals surface area contributed by atoms with Crippen LogP contribution in [0.3, 0.4) is 0 Å². The van der Waals surface area contributed by atoms with Crippen molar-refractivity contribution in [2.45, 2.75) is 25.3 Å². The third kappa shape index (κ3) is 3.51. The number of carbonyl (C=O) groups excluding carboxylic acids is 1. The van der Waals surface area contributed by atoms with Gasteiger partial charge in [0.15, 0.2) is 0 Å². The highest BCUT2D eigenvalue weighted by molar-refractivity contribution is 5.78. The summed E-state index contributed by atoms with van der Waals surface area (Å²) in [6.45, 7) is 0.313. The van der Waals surface area contributed by atoms with E-state index in [0.29, 0.717) is 0 Å². The third-order valence-corrected chi connectivity index (χ3v) is 1.14. The van der Waals surface area contributed by atoms with Crippen LogP contribution in [0.25, 0.3) is 0 Å². The molecular weight excluding hydrogens is 253 g/mol. The van der Waals surface area contributed by atoms with Gasteiger partial charge < -0.3 is 4.74 Å². The second-order valence-corrected chi connectivity index (χ2v) is 2.36. The lowest BCUT2D eigenvalue weighted by Gasteiger charge is -2.24. The summed E-state index contributed by atoms with van der Waals surface area (Å²) in [7, 11) is 0. The molecule has 0 saturated heterocycles. The zero-order valence-electron chi connectivity index (χ0n) is 7.58. The van der Waals surface area contributed by atoms with Crippen LogP contribution in [0.15, 0.2) is 0 Å². The van der Waals surface area contributed by atoms with Gasteiger partial charge in [-0.3, -0.25) is 0 Å². The van der Waals surface area contributed by atoms with E-state index < -0.39 is 31.0 Å². The van der Waals surface area contributed by atoms with Gasteiger partial charge in [0.2, 0.25) is 0 Å². The maximum Gasteiger partial charge on any atom is 0.527 e. The predicted molar refractivity (Wildman–Crippen MR) is 33.7 cm³/mol. The molecular formula is C6H5F7O3. The molecule has 0 fully saturated rings. The fourth-order valence-corrected chi connectivity index (χ4v) is 0.550. The van der Waals surface area contributed by atoms with E-state index in [1.807, 2.05) is 4.74 Å². The normalized spacial score (nSPS) is 13.8. The van der Waals surface area contributed by atoms with Crippen LogP contribution in [0, 0.1) is 0 Å². The second kappa shape index (κ2) is 4.44. The molecule has 10 heteroatoms. The number of hydrogen-bond donors (Lipinski definition) is 0. The Balaban J connectivity index is 4.90. The lowest BCUT2D eigenvalue weighted by Crippen LogP contribution is -2.52. The van der Waals surface area contributed by atoms with Crippen molar-refractivity contribution < 1.29 is 45.0 Å². The number of halogens is 7. The molecule has 16 heavy (non-hydrogen) atoms. The molecule has 0 heterocycles. The summed E-state index contributed by atoms with van der Waals surface area (Å²) in [4.78, 5) is 10.3. The van der Waals surface area contributed by atoms with Crippen LogP contribution >= 0.6 is 0 Å². The molecule has 0 aliphatic rings. The molecule has 0 saturated carbocycles. The average molecular weight is 258 g/mol. The molecule has 0 aliphatic heterocycles. The largest absolute Gasteiger partial charge is 0.527 e. The zero-order chi connectivity index (χ0) is 13.2. The van der Waals surface area contributed by atoms with Gasteiger partial charge in [0.25, 0.3) is 0 Å². The first kappa shape index (κ1) is 14.9. The van der Waals surface area contributed by atoms with E-state index in [2.05, 4.69) is 4.74 Å². The number of ether oxygens (including phenoxy) is 2. The molecule has 0 radical (unpaired) electrons. The number of alkyl halides is 7. The van der Waals surface area contributed by atoms with Crippen molar-refractivity contribution >= 4 is 5.97 Å². The number of carbonyl (C=O) groups is 1. The minimum atomic E-state index is -6.03.